The number of hydrogen-bond acceptors (Lipinski definition) is 2. The number of nitrogens with one attached hydrogen (secondary N) is 2. The van der Waals surface area contributed by atoms with E-state index in [9.17, 15) is 13.2 Å². The summed E-state index contributed by atoms with van der Waals surface area (Å²) in [6, 6.07) is 0. The van der Waals surface area contributed by atoms with Crippen LogP contribution in [0.15, 0.2) is 4.99 Å². The maximum absolute atomic E-state index is 12.1. The van der Waals surface area contributed by atoms with Crippen LogP contribution in [0.1, 0.15) is 32.6 Å². The lowest BCUT2D eigenvalue weighted by Crippen LogP contribution is -2.41. The highest BCUT2D eigenvalue weighted by Gasteiger charge is 2.41. The van der Waals surface area contributed by atoms with E-state index in [4.69, 9.17) is 4.74 Å². The van der Waals surface area contributed by atoms with Gasteiger partial charge in [-0.25, -0.2) is 0 Å². The minimum Gasteiger partial charge on any atom is -0.382 e. The topological polar surface area (TPSA) is 45.6 Å². The zero-order valence-electron chi connectivity index (χ0n) is 12.1. The molecule has 20 heavy (non-hydrogen) atoms. The van der Waals surface area contributed by atoms with E-state index in [1.807, 2.05) is 6.92 Å². The van der Waals surface area contributed by atoms with Crippen LogP contribution in [0.3, 0.4) is 0 Å². The minimum absolute atomic E-state index is 0.158. The third-order valence-electron chi connectivity index (χ3n) is 3.49. The molecule has 7 heteroatoms. The Bertz CT molecular complexity index is 314. The first-order valence-corrected chi connectivity index (χ1v) is 7.00. The van der Waals surface area contributed by atoms with E-state index in [-0.39, 0.29) is 12.0 Å². The van der Waals surface area contributed by atoms with E-state index < -0.39 is 12.6 Å². The molecule has 0 aromatic rings. The summed E-state index contributed by atoms with van der Waals surface area (Å²) in [4.78, 5) is 3.93. The average Bonchev–Trinajstić information content (AvgIpc) is 3.13. The predicted octanol–water partition coefficient (Wildman–Crippen LogP) is 2.31. The van der Waals surface area contributed by atoms with E-state index >= 15 is 0 Å². The molecule has 1 fully saturated rings. The Morgan fingerprint density at radius 2 is 2.00 bits per heavy atom. The van der Waals surface area contributed by atoms with Gasteiger partial charge in [-0.3, -0.25) is 4.99 Å². The van der Waals surface area contributed by atoms with Gasteiger partial charge in [0.05, 0.1) is 6.42 Å². The SMILES string of the molecule is CCOCCC1(CNC(=NC)NCCC(F)(F)F)CC1. The Morgan fingerprint density at radius 1 is 1.30 bits per heavy atom. The van der Waals surface area contributed by atoms with Gasteiger partial charge in [0.25, 0.3) is 0 Å². The summed E-state index contributed by atoms with van der Waals surface area (Å²) in [5, 5.41) is 5.78. The van der Waals surface area contributed by atoms with Gasteiger partial charge in [-0.1, -0.05) is 0 Å². The molecule has 1 rings (SSSR count). The fourth-order valence-corrected chi connectivity index (χ4v) is 1.94. The number of aliphatic imine (C=N–C) groups is 1. The summed E-state index contributed by atoms with van der Waals surface area (Å²) >= 11 is 0. The van der Waals surface area contributed by atoms with Gasteiger partial charge in [0.1, 0.15) is 0 Å². The fourth-order valence-electron chi connectivity index (χ4n) is 1.94. The number of alkyl halides is 3. The first-order valence-electron chi connectivity index (χ1n) is 7.00. The molecule has 0 heterocycles. The second kappa shape index (κ2) is 7.71. The van der Waals surface area contributed by atoms with Gasteiger partial charge in [0, 0.05) is 33.4 Å². The van der Waals surface area contributed by atoms with Crippen LogP contribution in [0.5, 0.6) is 0 Å². The van der Waals surface area contributed by atoms with Gasteiger partial charge < -0.3 is 15.4 Å². The molecule has 1 aliphatic rings. The smallest absolute Gasteiger partial charge is 0.382 e. The first-order chi connectivity index (χ1) is 9.41. The third kappa shape index (κ3) is 6.98. The quantitative estimate of drug-likeness (QED) is 0.410. The molecule has 4 nitrogen and oxygen atoms in total. The third-order valence-corrected chi connectivity index (χ3v) is 3.49. The van der Waals surface area contributed by atoms with Gasteiger partial charge >= 0.3 is 6.18 Å². The number of halogens is 3. The van der Waals surface area contributed by atoms with E-state index in [2.05, 4.69) is 15.6 Å². The molecule has 0 saturated heterocycles. The molecule has 0 unspecified atom stereocenters. The molecule has 0 aromatic carbocycles. The highest BCUT2D eigenvalue weighted by Crippen LogP contribution is 2.48. The largest absolute Gasteiger partial charge is 0.390 e. The van der Waals surface area contributed by atoms with Crippen molar-refractivity contribution in [2.45, 2.75) is 38.8 Å². The summed E-state index contributed by atoms with van der Waals surface area (Å²) in [5.74, 6) is 0.428. The Kier molecular flexibility index (Phi) is 6.58. The average molecular weight is 295 g/mol. The molecule has 1 aliphatic carbocycles. The van der Waals surface area contributed by atoms with Crippen molar-refractivity contribution < 1.29 is 17.9 Å². The lowest BCUT2D eigenvalue weighted by molar-refractivity contribution is -0.132. The molecule has 118 valence electrons. The van der Waals surface area contributed by atoms with Crippen LogP contribution in [0.4, 0.5) is 13.2 Å². The molecule has 0 bridgehead atoms. The molecule has 2 N–H and O–H groups in total. The Labute approximate surface area is 118 Å². The van der Waals surface area contributed by atoms with Crippen molar-refractivity contribution in [3.63, 3.8) is 0 Å². The van der Waals surface area contributed by atoms with Crippen molar-refractivity contribution in [2.24, 2.45) is 10.4 Å². The standard InChI is InChI=1S/C13H24F3N3O/c1-3-20-9-7-12(4-5-12)10-19-11(17-2)18-8-6-13(14,15)16/h3-10H2,1-2H3,(H2,17,18,19). The lowest BCUT2D eigenvalue weighted by atomic mass is 10.0. The Hall–Kier alpha value is -0.980. The van der Waals surface area contributed by atoms with E-state index in [1.54, 1.807) is 7.05 Å². The summed E-state index contributed by atoms with van der Waals surface area (Å²) < 4.78 is 41.5. The van der Waals surface area contributed by atoms with Crippen molar-refractivity contribution in [3.05, 3.63) is 0 Å². The minimum atomic E-state index is -4.14. The van der Waals surface area contributed by atoms with Crippen LogP contribution in [-0.4, -0.2) is 45.5 Å². The van der Waals surface area contributed by atoms with Crippen molar-refractivity contribution in [3.8, 4) is 0 Å². The van der Waals surface area contributed by atoms with Gasteiger partial charge in [-0.05, 0) is 31.6 Å². The maximum Gasteiger partial charge on any atom is 0.390 e. The van der Waals surface area contributed by atoms with Crippen molar-refractivity contribution in [2.75, 3.05) is 33.4 Å². The summed E-state index contributed by atoms with van der Waals surface area (Å²) in [6.07, 6.45) is -1.75. The highest BCUT2D eigenvalue weighted by atomic mass is 19.4. The molecule has 0 aromatic heterocycles. The molecule has 0 atom stereocenters. The summed E-state index contributed by atoms with van der Waals surface area (Å²) in [7, 11) is 1.56. The zero-order chi connectivity index (χ0) is 15.1. The van der Waals surface area contributed by atoms with E-state index in [0.29, 0.717) is 12.6 Å². The first kappa shape index (κ1) is 17.1. The molecule has 0 amide bonds. The van der Waals surface area contributed by atoms with Crippen LogP contribution in [-0.2, 0) is 4.74 Å². The van der Waals surface area contributed by atoms with Crippen LogP contribution >= 0.6 is 0 Å². The van der Waals surface area contributed by atoms with Crippen molar-refractivity contribution in [1.82, 2.24) is 10.6 Å². The van der Waals surface area contributed by atoms with Gasteiger partial charge in [0.15, 0.2) is 5.96 Å². The monoisotopic (exact) mass is 295 g/mol. The number of rotatable bonds is 8. The molecular formula is C13H24F3N3O. The predicted molar refractivity (Wildman–Crippen MR) is 72.8 cm³/mol. The number of ether oxygens (including phenoxy) is 1. The zero-order valence-corrected chi connectivity index (χ0v) is 12.1. The maximum atomic E-state index is 12.1. The molecule has 1 saturated carbocycles. The van der Waals surface area contributed by atoms with Crippen LogP contribution in [0.2, 0.25) is 0 Å². The molecule has 0 radical (unpaired) electrons. The Morgan fingerprint density at radius 3 is 2.50 bits per heavy atom. The summed E-state index contributed by atoms with van der Waals surface area (Å²) in [5.41, 5.74) is 0.233. The number of hydrogen-bond donors (Lipinski definition) is 2. The van der Waals surface area contributed by atoms with E-state index in [1.165, 1.54) is 0 Å². The van der Waals surface area contributed by atoms with Crippen LogP contribution in [0, 0.1) is 5.41 Å². The highest BCUT2D eigenvalue weighted by molar-refractivity contribution is 5.79. The molecule has 0 spiro atoms. The summed E-state index contributed by atoms with van der Waals surface area (Å²) in [6.45, 7) is 3.98. The molecular weight excluding hydrogens is 271 g/mol. The fraction of sp³-hybridized carbons (Fsp3) is 0.923. The Balaban J connectivity index is 2.21. The number of guanidine groups is 1. The van der Waals surface area contributed by atoms with Gasteiger partial charge in [-0.15, -0.1) is 0 Å². The van der Waals surface area contributed by atoms with Gasteiger partial charge in [0.2, 0.25) is 0 Å². The van der Waals surface area contributed by atoms with Crippen molar-refractivity contribution >= 4 is 5.96 Å². The van der Waals surface area contributed by atoms with Crippen molar-refractivity contribution in [1.29, 1.82) is 0 Å². The normalized spacial score (nSPS) is 17.9. The molecule has 0 aliphatic heterocycles. The number of nitrogens with zero attached hydrogens (tertiary/aromatic N) is 1. The second-order valence-corrected chi connectivity index (χ2v) is 5.16. The lowest BCUT2D eigenvalue weighted by Gasteiger charge is -2.18. The van der Waals surface area contributed by atoms with Crippen LogP contribution in [0.25, 0.3) is 0 Å². The van der Waals surface area contributed by atoms with Crippen LogP contribution < -0.4 is 10.6 Å². The second-order valence-electron chi connectivity index (χ2n) is 5.16. The van der Waals surface area contributed by atoms with E-state index in [0.717, 1.165) is 32.4 Å². The van der Waals surface area contributed by atoms with Gasteiger partial charge in [-0.2, -0.15) is 13.2 Å².